The molecule has 30 heavy (non-hydrogen) atoms. The summed E-state index contributed by atoms with van der Waals surface area (Å²) in [4.78, 5) is 21.1. The Morgan fingerprint density at radius 1 is 1.07 bits per heavy atom. The first-order valence-corrected chi connectivity index (χ1v) is 9.25. The summed E-state index contributed by atoms with van der Waals surface area (Å²) in [6, 6.07) is 11.8. The fourth-order valence-corrected chi connectivity index (χ4v) is 2.90. The van der Waals surface area contributed by atoms with Gasteiger partial charge < -0.3 is 5.32 Å². The number of anilines is 1. The average molecular weight is 399 g/mol. The van der Waals surface area contributed by atoms with Crippen molar-refractivity contribution in [2.24, 2.45) is 0 Å². The zero-order chi connectivity index (χ0) is 20.9. The Hall–Kier alpha value is -4.13. The number of carbonyl (C=O) groups is 1. The maximum absolute atomic E-state index is 13.5. The summed E-state index contributed by atoms with van der Waals surface area (Å²) in [5.74, 6) is -0.713. The van der Waals surface area contributed by atoms with Crippen LogP contribution in [0.5, 0.6) is 0 Å². The average Bonchev–Trinajstić information content (AvgIpc) is 3.22. The first-order valence-electron chi connectivity index (χ1n) is 9.25. The number of aryl methyl sites for hydroxylation is 1. The van der Waals surface area contributed by atoms with E-state index in [1.165, 1.54) is 18.3 Å². The lowest BCUT2D eigenvalue weighted by molar-refractivity contribution is 0.102. The fourth-order valence-electron chi connectivity index (χ4n) is 2.90. The maximum Gasteiger partial charge on any atom is 0.276 e. The molecule has 3 aromatic heterocycles. The Bertz CT molecular complexity index is 1210. The van der Waals surface area contributed by atoms with Gasteiger partial charge in [-0.2, -0.15) is 5.10 Å². The molecule has 4 rings (SSSR count). The summed E-state index contributed by atoms with van der Waals surface area (Å²) < 4.78 is 13.5. The normalized spacial score (nSPS) is 11.0. The quantitative estimate of drug-likeness (QED) is 0.508. The zero-order valence-corrected chi connectivity index (χ0v) is 16.1. The lowest BCUT2D eigenvalue weighted by Crippen LogP contribution is -2.13. The van der Waals surface area contributed by atoms with E-state index in [2.05, 4.69) is 25.5 Å². The third-order valence-corrected chi connectivity index (χ3v) is 4.43. The summed E-state index contributed by atoms with van der Waals surface area (Å²) in [7, 11) is 0. The minimum Gasteiger partial charge on any atom is -0.319 e. The second kappa shape index (κ2) is 8.48. The summed E-state index contributed by atoms with van der Waals surface area (Å²) in [6.45, 7) is 1.92. The molecule has 3 heterocycles. The van der Waals surface area contributed by atoms with Gasteiger partial charge >= 0.3 is 0 Å². The topological polar surface area (TPSA) is 83.6 Å². The van der Waals surface area contributed by atoms with Crippen LogP contribution in [0.1, 0.15) is 27.3 Å². The smallest absolute Gasteiger partial charge is 0.276 e. The van der Waals surface area contributed by atoms with E-state index in [1.54, 1.807) is 42.9 Å². The minimum atomic E-state index is -0.379. The highest BCUT2D eigenvalue weighted by Crippen LogP contribution is 2.22. The molecule has 1 aromatic carbocycles. The van der Waals surface area contributed by atoms with Crippen LogP contribution in [0.2, 0.25) is 0 Å². The van der Waals surface area contributed by atoms with Gasteiger partial charge in [-0.1, -0.05) is 30.4 Å². The molecule has 0 unspecified atom stereocenters. The highest BCUT2D eigenvalue weighted by atomic mass is 19.1. The van der Waals surface area contributed by atoms with Gasteiger partial charge in [-0.15, -0.1) is 0 Å². The van der Waals surface area contributed by atoms with Crippen molar-refractivity contribution in [1.29, 1.82) is 0 Å². The number of carbonyl (C=O) groups excluding carboxylic acids is 1. The van der Waals surface area contributed by atoms with Crippen LogP contribution in [0.25, 0.3) is 23.3 Å². The molecule has 0 aliphatic carbocycles. The Morgan fingerprint density at radius 2 is 1.97 bits per heavy atom. The lowest BCUT2D eigenvalue weighted by atomic mass is 10.1. The van der Waals surface area contributed by atoms with Gasteiger partial charge in [0.15, 0.2) is 5.69 Å². The second-order valence-electron chi connectivity index (χ2n) is 6.68. The van der Waals surface area contributed by atoms with Crippen molar-refractivity contribution in [3.05, 3.63) is 95.6 Å². The molecule has 0 atom stereocenters. The highest BCUT2D eigenvalue weighted by Gasteiger charge is 2.14. The van der Waals surface area contributed by atoms with Gasteiger partial charge in [0, 0.05) is 35.4 Å². The van der Waals surface area contributed by atoms with E-state index >= 15 is 0 Å². The predicted molar refractivity (Wildman–Crippen MR) is 114 cm³/mol. The Labute approximate surface area is 172 Å². The number of nitrogens with zero attached hydrogens (tertiary/aromatic N) is 3. The van der Waals surface area contributed by atoms with E-state index < -0.39 is 0 Å². The molecule has 0 bridgehead atoms. The number of amides is 1. The van der Waals surface area contributed by atoms with Crippen LogP contribution < -0.4 is 5.32 Å². The van der Waals surface area contributed by atoms with Gasteiger partial charge in [-0.05, 0) is 42.3 Å². The summed E-state index contributed by atoms with van der Waals surface area (Å²) in [5.41, 5.74) is 4.60. The van der Waals surface area contributed by atoms with Crippen molar-refractivity contribution in [2.75, 3.05) is 5.32 Å². The maximum atomic E-state index is 13.5. The summed E-state index contributed by atoms with van der Waals surface area (Å²) >= 11 is 0. The molecule has 0 aliphatic heterocycles. The van der Waals surface area contributed by atoms with Crippen LogP contribution in [-0.4, -0.2) is 26.1 Å². The van der Waals surface area contributed by atoms with E-state index in [0.29, 0.717) is 22.4 Å². The molecule has 0 fully saturated rings. The summed E-state index contributed by atoms with van der Waals surface area (Å²) in [6.07, 6.45) is 10.2. The van der Waals surface area contributed by atoms with Crippen LogP contribution in [0, 0.1) is 12.7 Å². The number of hydrogen-bond acceptors (Lipinski definition) is 4. The highest BCUT2D eigenvalue weighted by molar-refractivity contribution is 6.05. The fraction of sp³-hybridized carbons (Fsp3) is 0.0435. The number of H-pyrrole nitrogens is 1. The van der Waals surface area contributed by atoms with Gasteiger partial charge in [0.2, 0.25) is 0 Å². The van der Waals surface area contributed by atoms with E-state index in [0.717, 1.165) is 11.3 Å². The molecule has 6 nitrogen and oxygen atoms in total. The van der Waals surface area contributed by atoms with Gasteiger partial charge in [-0.25, -0.2) is 4.39 Å². The number of benzene rings is 1. The molecule has 0 saturated carbocycles. The van der Waals surface area contributed by atoms with Gasteiger partial charge in [0.25, 0.3) is 5.91 Å². The molecule has 4 aromatic rings. The molecular formula is C23H18FN5O. The molecule has 0 spiro atoms. The third kappa shape index (κ3) is 4.47. The Balaban J connectivity index is 1.52. The van der Waals surface area contributed by atoms with Gasteiger partial charge in [-0.3, -0.25) is 19.9 Å². The number of aromatic amines is 1. The monoisotopic (exact) mass is 399 g/mol. The lowest BCUT2D eigenvalue weighted by Gasteiger charge is -2.07. The predicted octanol–water partition coefficient (Wildman–Crippen LogP) is 4.74. The first-order chi connectivity index (χ1) is 14.6. The number of pyridine rings is 2. The van der Waals surface area contributed by atoms with Crippen molar-refractivity contribution in [3.8, 4) is 11.1 Å². The Kier molecular flexibility index (Phi) is 5.43. The standard InChI is InChI=1S/C23H18FN5O/c1-15-5-6-16(11-26-15)7-8-18-13-27-29-22(18)23(30)28-21-10-19(12-25-14-21)17-3-2-4-20(24)9-17/h2-14H,1H3,(H,27,29)(H,28,30)/b8-7+. The molecule has 0 saturated heterocycles. The van der Waals surface area contributed by atoms with Crippen molar-refractivity contribution in [1.82, 2.24) is 20.2 Å². The summed E-state index contributed by atoms with van der Waals surface area (Å²) in [5, 5.41) is 9.57. The Morgan fingerprint density at radius 3 is 2.77 bits per heavy atom. The number of aromatic nitrogens is 4. The first kappa shape index (κ1) is 19.2. The van der Waals surface area contributed by atoms with E-state index in [4.69, 9.17) is 0 Å². The van der Waals surface area contributed by atoms with Gasteiger partial charge in [0.1, 0.15) is 5.82 Å². The van der Waals surface area contributed by atoms with E-state index in [9.17, 15) is 9.18 Å². The molecule has 0 radical (unpaired) electrons. The van der Waals surface area contributed by atoms with E-state index in [-0.39, 0.29) is 17.4 Å². The third-order valence-electron chi connectivity index (χ3n) is 4.43. The molecule has 148 valence electrons. The molecule has 7 heteroatoms. The number of rotatable bonds is 5. The van der Waals surface area contributed by atoms with Crippen molar-refractivity contribution in [3.63, 3.8) is 0 Å². The SMILES string of the molecule is Cc1ccc(/C=C/c2c[nH]nc2C(=O)Nc2cncc(-c3cccc(F)c3)c2)cn1. The molecular weight excluding hydrogens is 381 g/mol. The second-order valence-corrected chi connectivity index (χ2v) is 6.68. The van der Waals surface area contributed by atoms with Crippen LogP contribution in [0.15, 0.2) is 67.3 Å². The van der Waals surface area contributed by atoms with Crippen molar-refractivity contribution < 1.29 is 9.18 Å². The van der Waals surface area contributed by atoms with Crippen LogP contribution in [0.4, 0.5) is 10.1 Å². The minimum absolute atomic E-state index is 0.252. The molecule has 2 N–H and O–H groups in total. The largest absolute Gasteiger partial charge is 0.319 e. The molecule has 1 amide bonds. The molecule has 0 aliphatic rings. The zero-order valence-electron chi connectivity index (χ0n) is 16.1. The van der Waals surface area contributed by atoms with Crippen LogP contribution in [0.3, 0.4) is 0 Å². The number of nitrogens with one attached hydrogen (secondary N) is 2. The van der Waals surface area contributed by atoms with Gasteiger partial charge in [0.05, 0.1) is 11.9 Å². The van der Waals surface area contributed by atoms with Crippen molar-refractivity contribution >= 4 is 23.7 Å². The van der Waals surface area contributed by atoms with Crippen LogP contribution in [-0.2, 0) is 0 Å². The van der Waals surface area contributed by atoms with Crippen molar-refractivity contribution in [2.45, 2.75) is 6.92 Å². The number of hydrogen-bond donors (Lipinski definition) is 2. The number of halogens is 1. The van der Waals surface area contributed by atoms with E-state index in [1.807, 2.05) is 25.1 Å². The van der Waals surface area contributed by atoms with Crippen LogP contribution >= 0.6 is 0 Å².